The van der Waals surface area contributed by atoms with Gasteiger partial charge in [-0.3, -0.25) is 0 Å². The minimum Gasteiger partial charge on any atom is -0.328 e. The molecule has 0 saturated carbocycles. The first kappa shape index (κ1) is 18.0. The van der Waals surface area contributed by atoms with E-state index in [9.17, 15) is 0 Å². The molecule has 25 heavy (non-hydrogen) atoms. The van der Waals surface area contributed by atoms with Crippen LogP contribution in [0, 0.1) is 0 Å². The molecule has 132 valence electrons. The minimum atomic E-state index is 0.782. The molecule has 0 fully saturated rings. The third-order valence-corrected chi connectivity index (χ3v) is 5.00. The van der Waals surface area contributed by atoms with Crippen molar-refractivity contribution in [3.8, 4) is 0 Å². The average Bonchev–Trinajstić information content (AvgIpc) is 2.97. The molecule has 2 aromatic carbocycles. The summed E-state index contributed by atoms with van der Waals surface area (Å²) in [6.45, 7) is 3.32. The number of benzene rings is 2. The third kappa shape index (κ3) is 4.85. The molecular formula is C22H27ClN2. The molecule has 0 bridgehead atoms. The number of hydrogen-bond acceptors (Lipinski definition) is 1. The Bertz CT molecular complexity index is 789. The molecule has 0 atom stereocenters. The normalized spacial score (nSPS) is 11.3. The number of hydrogen-bond donors (Lipinski definition) is 0. The van der Waals surface area contributed by atoms with E-state index in [0.717, 1.165) is 29.3 Å². The summed E-state index contributed by atoms with van der Waals surface area (Å²) in [6, 6.07) is 16.6. The Labute approximate surface area is 155 Å². The van der Waals surface area contributed by atoms with Gasteiger partial charge in [0.15, 0.2) is 0 Å². The Hall–Kier alpha value is -1.80. The molecule has 3 aromatic rings. The maximum atomic E-state index is 6.01. The number of rotatable bonds is 9. The summed E-state index contributed by atoms with van der Waals surface area (Å²) >= 11 is 6.01. The summed E-state index contributed by atoms with van der Waals surface area (Å²) in [7, 11) is 0. The van der Waals surface area contributed by atoms with Crippen molar-refractivity contribution < 1.29 is 0 Å². The first-order chi connectivity index (χ1) is 12.3. The molecule has 0 radical (unpaired) electrons. The molecule has 2 nitrogen and oxygen atoms in total. The van der Waals surface area contributed by atoms with Gasteiger partial charge >= 0.3 is 0 Å². The highest BCUT2D eigenvalue weighted by molar-refractivity contribution is 6.30. The van der Waals surface area contributed by atoms with Gasteiger partial charge < -0.3 is 4.57 Å². The number of nitrogens with zero attached hydrogens (tertiary/aromatic N) is 2. The van der Waals surface area contributed by atoms with E-state index in [1.54, 1.807) is 0 Å². The van der Waals surface area contributed by atoms with Crippen LogP contribution in [0.3, 0.4) is 0 Å². The molecule has 3 heteroatoms. The van der Waals surface area contributed by atoms with Crippen LogP contribution in [0.4, 0.5) is 0 Å². The molecular weight excluding hydrogens is 328 g/mol. The second-order valence-electron chi connectivity index (χ2n) is 6.74. The summed E-state index contributed by atoms with van der Waals surface area (Å²) in [6.07, 6.45) is 8.73. The highest BCUT2D eigenvalue weighted by Crippen LogP contribution is 2.20. The number of aromatic nitrogens is 2. The second kappa shape index (κ2) is 9.05. The molecule has 0 unspecified atom stereocenters. The maximum absolute atomic E-state index is 6.01. The van der Waals surface area contributed by atoms with E-state index in [1.165, 1.54) is 49.6 Å². The van der Waals surface area contributed by atoms with Crippen LogP contribution in [0.2, 0.25) is 5.02 Å². The number of fused-ring (bicyclic) bond motifs is 1. The molecule has 0 N–H and O–H groups in total. The van der Waals surface area contributed by atoms with Crippen LogP contribution in [-0.4, -0.2) is 9.55 Å². The van der Waals surface area contributed by atoms with Gasteiger partial charge in [-0.05, 0) is 36.2 Å². The standard InChI is InChI=1S/C22H27ClN2/c1-2-3-4-5-6-9-16-25-21-11-8-7-10-20(21)24-22(25)17-18-12-14-19(23)15-13-18/h7-8,10-15H,2-6,9,16-17H2,1H3. The fraction of sp³-hybridized carbons (Fsp3) is 0.409. The van der Waals surface area contributed by atoms with E-state index in [1.807, 2.05) is 12.1 Å². The quantitative estimate of drug-likeness (QED) is 0.394. The van der Waals surface area contributed by atoms with Gasteiger partial charge in [0.2, 0.25) is 0 Å². The summed E-state index contributed by atoms with van der Waals surface area (Å²) < 4.78 is 2.41. The van der Waals surface area contributed by atoms with E-state index in [-0.39, 0.29) is 0 Å². The smallest absolute Gasteiger partial charge is 0.114 e. The monoisotopic (exact) mass is 354 g/mol. The molecule has 0 saturated heterocycles. The highest BCUT2D eigenvalue weighted by atomic mass is 35.5. The van der Waals surface area contributed by atoms with Gasteiger partial charge in [0.1, 0.15) is 5.82 Å². The third-order valence-electron chi connectivity index (χ3n) is 4.74. The lowest BCUT2D eigenvalue weighted by atomic mass is 10.1. The highest BCUT2D eigenvalue weighted by Gasteiger charge is 2.10. The lowest BCUT2D eigenvalue weighted by molar-refractivity contribution is 0.555. The lowest BCUT2D eigenvalue weighted by Crippen LogP contribution is -2.05. The van der Waals surface area contributed by atoms with Crippen molar-refractivity contribution in [1.29, 1.82) is 0 Å². The van der Waals surface area contributed by atoms with Gasteiger partial charge in [0.05, 0.1) is 11.0 Å². The van der Waals surface area contributed by atoms with Crippen LogP contribution in [-0.2, 0) is 13.0 Å². The minimum absolute atomic E-state index is 0.782. The van der Waals surface area contributed by atoms with Crippen molar-refractivity contribution in [1.82, 2.24) is 9.55 Å². The zero-order valence-corrected chi connectivity index (χ0v) is 15.8. The Kier molecular flexibility index (Phi) is 6.52. The Morgan fingerprint density at radius 1 is 0.880 bits per heavy atom. The van der Waals surface area contributed by atoms with Gasteiger partial charge in [-0.15, -0.1) is 0 Å². The fourth-order valence-corrected chi connectivity index (χ4v) is 3.47. The van der Waals surface area contributed by atoms with Gasteiger partial charge in [-0.25, -0.2) is 4.98 Å². The number of aryl methyl sites for hydroxylation is 1. The van der Waals surface area contributed by atoms with Crippen LogP contribution >= 0.6 is 11.6 Å². The number of halogens is 1. The van der Waals surface area contributed by atoms with Crippen LogP contribution < -0.4 is 0 Å². The summed E-state index contributed by atoms with van der Waals surface area (Å²) in [5, 5.41) is 0.782. The SMILES string of the molecule is CCCCCCCCn1c(Cc2ccc(Cl)cc2)nc2ccccc21. The van der Waals surface area contributed by atoms with Crippen molar-refractivity contribution in [2.24, 2.45) is 0 Å². The van der Waals surface area contributed by atoms with Gasteiger partial charge in [-0.2, -0.15) is 0 Å². The molecule has 3 rings (SSSR count). The average molecular weight is 355 g/mol. The summed E-state index contributed by atoms with van der Waals surface area (Å²) in [4.78, 5) is 4.89. The summed E-state index contributed by atoms with van der Waals surface area (Å²) in [5.74, 6) is 1.15. The number of para-hydroxylation sites is 2. The topological polar surface area (TPSA) is 17.8 Å². The van der Waals surface area contributed by atoms with E-state index >= 15 is 0 Å². The number of imidazole rings is 1. The second-order valence-corrected chi connectivity index (χ2v) is 7.18. The van der Waals surface area contributed by atoms with Crippen LogP contribution in [0.5, 0.6) is 0 Å². The molecule has 0 spiro atoms. The zero-order chi connectivity index (χ0) is 17.5. The Morgan fingerprint density at radius 3 is 2.40 bits per heavy atom. The largest absolute Gasteiger partial charge is 0.328 e. The fourth-order valence-electron chi connectivity index (χ4n) is 3.34. The first-order valence-electron chi connectivity index (χ1n) is 9.46. The first-order valence-corrected chi connectivity index (χ1v) is 9.84. The van der Waals surface area contributed by atoms with Crippen molar-refractivity contribution in [2.75, 3.05) is 0 Å². The maximum Gasteiger partial charge on any atom is 0.114 e. The van der Waals surface area contributed by atoms with E-state index in [2.05, 4.69) is 47.9 Å². The van der Waals surface area contributed by atoms with E-state index in [0.29, 0.717) is 0 Å². The van der Waals surface area contributed by atoms with E-state index in [4.69, 9.17) is 16.6 Å². The Balaban J connectivity index is 1.73. The van der Waals surface area contributed by atoms with Crippen molar-refractivity contribution in [3.63, 3.8) is 0 Å². The summed E-state index contributed by atoms with van der Waals surface area (Å²) in [5.41, 5.74) is 3.60. The lowest BCUT2D eigenvalue weighted by Gasteiger charge is -2.10. The van der Waals surface area contributed by atoms with Crippen molar-refractivity contribution in [2.45, 2.75) is 58.4 Å². The van der Waals surface area contributed by atoms with E-state index < -0.39 is 0 Å². The Morgan fingerprint density at radius 2 is 1.60 bits per heavy atom. The number of unbranched alkanes of at least 4 members (excludes halogenated alkanes) is 5. The van der Waals surface area contributed by atoms with Crippen LogP contribution in [0.1, 0.15) is 56.8 Å². The predicted octanol–water partition coefficient (Wildman–Crippen LogP) is 6.64. The molecule has 0 amide bonds. The zero-order valence-electron chi connectivity index (χ0n) is 15.0. The van der Waals surface area contributed by atoms with Gasteiger partial charge in [0.25, 0.3) is 0 Å². The van der Waals surface area contributed by atoms with Crippen LogP contribution in [0.25, 0.3) is 11.0 Å². The molecule has 0 aliphatic carbocycles. The van der Waals surface area contributed by atoms with Gasteiger partial charge in [-0.1, -0.05) is 74.9 Å². The van der Waals surface area contributed by atoms with Crippen LogP contribution in [0.15, 0.2) is 48.5 Å². The molecule has 0 aliphatic rings. The molecule has 0 aliphatic heterocycles. The molecule has 1 heterocycles. The van der Waals surface area contributed by atoms with Gasteiger partial charge in [0, 0.05) is 18.0 Å². The molecule has 1 aromatic heterocycles. The van der Waals surface area contributed by atoms with Crippen molar-refractivity contribution >= 4 is 22.6 Å². The predicted molar refractivity (Wildman–Crippen MR) is 107 cm³/mol. The van der Waals surface area contributed by atoms with Crippen molar-refractivity contribution in [3.05, 3.63) is 64.9 Å².